The number of nitrogens with one attached hydrogen (secondary N) is 1. The Morgan fingerprint density at radius 1 is 0.929 bits per heavy atom. The fourth-order valence-electron chi connectivity index (χ4n) is 6.19. The van der Waals surface area contributed by atoms with Crippen LogP contribution in [0, 0.1) is 20.8 Å². The average Bonchev–Trinajstić information content (AvgIpc) is 2.98. The van der Waals surface area contributed by atoms with Crippen LogP contribution in [0.3, 0.4) is 0 Å². The van der Waals surface area contributed by atoms with Crippen molar-refractivity contribution < 1.29 is 22.7 Å². The molecular formula is C33H39N3O5S. The molecule has 1 N–H and O–H groups in total. The molecule has 2 amide bonds. The Morgan fingerprint density at radius 3 is 2.26 bits per heavy atom. The van der Waals surface area contributed by atoms with Gasteiger partial charge in [0.1, 0.15) is 5.75 Å². The molecule has 0 radical (unpaired) electrons. The summed E-state index contributed by atoms with van der Waals surface area (Å²) in [6, 6.07) is 20.1. The third-order valence-electron chi connectivity index (χ3n) is 8.12. The third kappa shape index (κ3) is 6.37. The van der Waals surface area contributed by atoms with E-state index in [0.29, 0.717) is 42.0 Å². The van der Waals surface area contributed by atoms with Crippen LogP contribution in [0.1, 0.15) is 54.4 Å². The van der Waals surface area contributed by atoms with Crippen molar-refractivity contribution in [3.63, 3.8) is 0 Å². The molecule has 1 fully saturated rings. The number of carbonyl (C=O) groups is 2. The van der Waals surface area contributed by atoms with Gasteiger partial charge in [-0.2, -0.15) is 4.31 Å². The molecule has 0 spiro atoms. The van der Waals surface area contributed by atoms with Crippen molar-refractivity contribution in [2.24, 2.45) is 0 Å². The van der Waals surface area contributed by atoms with Gasteiger partial charge in [0, 0.05) is 12.6 Å². The number of ether oxygens (including phenoxy) is 1. The number of fused-ring (bicyclic) bond motifs is 1. The third-order valence-corrected chi connectivity index (χ3v) is 10.3. The topological polar surface area (TPSA) is 96.0 Å². The molecule has 3 aromatic carbocycles. The minimum atomic E-state index is -3.98. The molecule has 0 aromatic heterocycles. The molecule has 0 bridgehead atoms. The lowest BCUT2D eigenvalue weighted by Gasteiger charge is -2.37. The predicted octanol–water partition coefficient (Wildman–Crippen LogP) is 5.05. The van der Waals surface area contributed by atoms with E-state index in [1.165, 1.54) is 9.21 Å². The molecule has 1 heterocycles. The van der Waals surface area contributed by atoms with Crippen molar-refractivity contribution in [1.82, 2.24) is 9.62 Å². The standard InChI is InChI=1S/C33H39N3O5S/c1-23-18-24(2)32(25(3)19-23)42(39,40)36(27-14-8-5-9-15-27)22-31(37)35-21-30(41-29-17-11-10-16-28(29)35)33(38)34-20-26-12-6-4-7-13-26/h4,6-7,10-13,16-19,27,30H,5,8-9,14-15,20-22H2,1-3H3,(H,34,38). The Kier molecular flexibility index (Phi) is 8.99. The molecule has 0 saturated heterocycles. The zero-order valence-corrected chi connectivity index (χ0v) is 25.3. The highest BCUT2D eigenvalue weighted by molar-refractivity contribution is 7.89. The Balaban J connectivity index is 1.43. The number of sulfonamides is 1. The maximum atomic E-state index is 14.3. The summed E-state index contributed by atoms with van der Waals surface area (Å²) in [6.07, 6.45) is 3.37. The second-order valence-electron chi connectivity index (χ2n) is 11.4. The number of carbonyl (C=O) groups excluding carboxylic acids is 2. The first kappa shape index (κ1) is 29.8. The molecule has 1 unspecified atom stereocenters. The Bertz CT molecular complexity index is 1530. The Morgan fingerprint density at radius 2 is 1.57 bits per heavy atom. The van der Waals surface area contributed by atoms with Gasteiger partial charge in [0.05, 0.1) is 23.7 Å². The van der Waals surface area contributed by atoms with Crippen LogP contribution >= 0.6 is 0 Å². The zero-order valence-electron chi connectivity index (χ0n) is 24.5. The highest BCUT2D eigenvalue weighted by atomic mass is 32.2. The van der Waals surface area contributed by atoms with Gasteiger partial charge in [-0.25, -0.2) is 8.42 Å². The normalized spacial score (nSPS) is 17.4. The molecule has 222 valence electrons. The first-order valence-electron chi connectivity index (χ1n) is 14.6. The monoisotopic (exact) mass is 589 g/mol. The van der Waals surface area contributed by atoms with Gasteiger partial charge in [-0.15, -0.1) is 0 Å². The van der Waals surface area contributed by atoms with E-state index in [4.69, 9.17) is 4.74 Å². The molecule has 5 rings (SSSR count). The number of hydrogen-bond donors (Lipinski definition) is 1. The van der Waals surface area contributed by atoms with Gasteiger partial charge < -0.3 is 15.0 Å². The molecule has 42 heavy (non-hydrogen) atoms. The van der Waals surface area contributed by atoms with Crippen LogP contribution in [-0.2, 0) is 26.2 Å². The van der Waals surface area contributed by atoms with Crippen LogP contribution in [0.2, 0.25) is 0 Å². The van der Waals surface area contributed by atoms with E-state index < -0.39 is 16.1 Å². The van der Waals surface area contributed by atoms with Crippen molar-refractivity contribution in [1.29, 1.82) is 0 Å². The van der Waals surface area contributed by atoms with Crippen LogP contribution in [0.25, 0.3) is 0 Å². The molecule has 3 aromatic rings. The number of amides is 2. The van der Waals surface area contributed by atoms with Crippen molar-refractivity contribution in [2.75, 3.05) is 18.0 Å². The number of nitrogens with zero attached hydrogens (tertiary/aromatic N) is 2. The SMILES string of the molecule is Cc1cc(C)c(S(=O)(=O)N(CC(=O)N2CC(C(=O)NCc3ccccc3)Oc3ccccc32)C2CCCCC2)c(C)c1. The molecule has 9 heteroatoms. The molecule has 8 nitrogen and oxygen atoms in total. The van der Waals surface area contributed by atoms with Crippen molar-refractivity contribution in [3.8, 4) is 5.75 Å². The van der Waals surface area contributed by atoms with Crippen LogP contribution < -0.4 is 15.0 Å². The van der Waals surface area contributed by atoms with Crippen LogP contribution in [0.15, 0.2) is 71.6 Å². The van der Waals surface area contributed by atoms with E-state index in [1.54, 1.807) is 24.3 Å². The second kappa shape index (κ2) is 12.7. The zero-order chi connectivity index (χ0) is 29.9. The fraction of sp³-hybridized carbons (Fsp3) is 0.394. The van der Waals surface area contributed by atoms with E-state index in [9.17, 15) is 18.0 Å². The van der Waals surface area contributed by atoms with E-state index in [2.05, 4.69) is 5.32 Å². The van der Waals surface area contributed by atoms with Crippen LogP contribution in [0.5, 0.6) is 5.75 Å². The van der Waals surface area contributed by atoms with Crippen molar-refractivity contribution in [2.45, 2.75) is 76.5 Å². The number of benzene rings is 3. The number of hydrogen-bond acceptors (Lipinski definition) is 5. The smallest absolute Gasteiger partial charge is 0.263 e. The van der Waals surface area contributed by atoms with Crippen molar-refractivity contribution in [3.05, 3.63) is 89.0 Å². The van der Waals surface area contributed by atoms with Crippen LogP contribution in [0.4, 0.5) is 5.69 Å². The van der Waals surface area contributed by atoms with E-state index in [-0.39, 0.29) is 35.8 Å². The Hall–Kier alpha value is -3.69. The van der Waals surface area contributed by atoms with Gasteiger partial charge in [0.15, 0.2) is 6.10 Å². The molecule has 1 saturated carbocycles. The number of rotatable bonds is 8. The largest absolute Gasteiger partial charge is 0.477 e. The minimum Gasteiger partial charge on any atom is -0.477 e. The minimum absolute atomic E-state index is 0.0163. The lowest BCUT2D eigenvalue weighted by molar-refractivity contribution is -0.128. The quantitative estimate of drug-likeness (QED) is 0.397. The van der Waals surface area contributed by atoms with Crippen molar-refractivity contribution >= 4 is 27.5 Å². The highest BCUT2D eigenvalue weighted by Gasteiger charge is 2.39. The maximum absolute atomic E-state index is 14.3. The predicted molar refractivity (Wildman–Crippen MR) is 163 cm³/mol. The molecule has 1 atom stereocenters. The molecule has 2 aliphatic rings. The molecular weight excluding hydrogens is 550 g/mol. The summed E-state index contributed by atoms with van der Waals surface area (Å²) < 4.78 is 36.1. The highest BCUT2D eigenvalue weighted by Crippen LogP contribution is 2.35. The van der Waals surface area contributed by atoms with E-state index in [0.717, 1.165) is 30.4 Å². The number of anilines is 1. The number of aryl methyl sites for hydroxylation is 3. The summed E-state index contributed by atoms with van der Waals surface area (Å²) in [5.41, 5.74) is 3.81. The van der Waals surface area contributed by atoms with Gasteiger partial charge in [0.25, 0.3) is 5.91 Å². The van der Waals surface area contributed by atoms with Gasteiger partial charge >= 0.3 is 0 Å². The van der Waals surface area contributed by atoms with Gasteiger partial charge in [-0.3, -0.25) is 9.59 Å². The summed E-state index contributed by atoms with van der Waals surface area (Å²) in [4.78, 5) is 29.1. The van der Waals surface area contributed by atoms with Crippen LogP contribution in [-0.4, -0.2) is 49.8 Å². The molecule has 1 aliphatic heterocycles. The lowest BCUT2D eigenvalue weighted by Crippen LogP contribution is -2.54. The van der Waals surface area contributed by atoms with Gasteiger partial charge in [-0.1, -0.05) is 79.4 Å². The van der Waals surface area contributed by atoms with E-state index in [1.807, 2.05) is 63.2 Å². The maximum Gasteiger partial charge on any atom is 0.263 e. The summed E-state index contributed by atoms with van der Waals surface area (Å²) in [6.45, 7) is 5.57. The summed E-state index contributed by atoms with van der Waals surface area (Å²) in [7, 11) is -3.98. The first-order chi connectivity index (χ1) is 20.1. The lowest BCUT2D eigenvalue weighted by atomic mass is 9.95. The average molecular weight is 590 g/mol. The molecule has 1 aliphatic carbocycles. The van der Waals surface area contributed by atoms with E-state index >= 15 is 0 Å². The summed E-state index contributed by atoms with van der Waals surface area (Å²) >= 11 is 0. The van der Waals surface area contributed by atoms with Gasteiger partial charge in [-0.05, 0) is 62.4 Å². The van der Waals surface area contributed by atoms with Gasteiger partial charge in [0.2, 0.25) is 15.9 Å². The second-order valence-corrected chi connectivity index (χ2v) is 13.2. The summed E-state index contributed by atoms with van der Waals surface area (Å²) in [5.74, 6) is -0.314. The number of para-hydroxylation sites is 2. The first-order valence-corrected chi connectivity index (χ1v) is 16.1. The Labute approximate surface area is 248 Å². The summed E-state index contributed by atoms with van der Waals surface area (Å²) in [5, 5.41) is 2.91. The fourth-order valence-corrected chi connectivity index (χ4v) is 8.24.